The fourth-order valence-electron chi connectivity index (χ4n) is 2.70. The van der Waals surface area contributed by atoms with Crippen molar-refractivity contribution in [2.75, 3.05) is 38.7 Å². The van der Waals surface area contributed by atoms with Gasteiger partial charge in [0.15, 0.2) is 0 Å². The number of anilines is 1. The van der Waals surface area contributed by atoms with Gasteiger partial charge in [-0.15, -0.1) is 0 Å². The lowest BCUT2D eigenvalue weighted by Gasteiger charge is -2.35. The van der Waals surface area contributed by atoms with Gasteiger partial charge in [0.1, 0.15) is 18.1 Å². The van der Waals surface area contributed by atoms with Crippen LogP contribution in [0.2, 0.25) is 0 Å². The van der Waals surface area contributed by atoms with E-state index in [1.165, 1.54) is 0 Å². The van der Waals surface area contributed by atoms with Crippen LogP contribution < -0.4 is 20.1 Å². The summed E-state index contributed by atoms with van der Waals surface area (Å²) in [6.45, 7) is 2.47. The van der Waals surface area contributed by atoms with Crippen molar-refractivity contribution >= 4 is 11.7 Å². The molecule has 0 radical (unpaired) electrons. The lowest BCUT2D eigenvalue weighted by Crippen LogP contribution is -2.57. The first kappa shape index (κ1) is 17.0. The Bertz CT molecular complexity index is 696. The van der Waals surface area contributed by atoms with E-state index >= 15 is 0 Å². The zero-order valence-electron chi connectivity index (χ0n) is 14.1. The zero-order valence-corrected chi connectivity index (χ0v) is 14.1. The largest absolute Gasteiger partial charge is 0.497 e. The highest BCUT2D eigenvalue weighted by atomic mass is 16.5. The quantitative estimate of drug-likeness (QED) is 0.869. The summed E-state index contributed by atoms with van der Waals surface area (Å²) in [5, 5.41) is 6.23. The number of piperazine rings is 1. The van der Waals surface area contributed by atoms with Gasteiger partial charge in [0, 0.05) is 37.6 Å². The van der Waals surface area contributed by atoms with Crippen LogP contribution in [-0.2, 0) is 0 Å². The second-order valence-electron chi connectivity index (χ2n) is 5.71. The standard InChI is InChI=1S/C18H22N4O3/c1-24-16-5-2-4-14(10-16)21-18(23)22-9-8-20-11-15(22)13-25-17-6-3-7-19-12-17/h2-7,10,12,15,20H,8-9,11,13H2,1H3,(H,21,23). The maximum atomic E-state index is 12.7. The molecule has 2 heterocycles. The van der Waals surface area contributed by atoms with Gasteiger partial charge in [0.25, 0.3) is 0 Å². The normalized spacial score (nSPS) is 17.0. The van der Waals surface area contributed by atoms with Crippen molar-refractivity contribution < 1.29 is 14.3 Å². The van der Waals surface area contributed by atoms with Gasteiger partial charge in [-0.05, 0) is 24.3 Å². The number of nitrogens with zero attached hydrogens (tertiary/aromatic N) is 2. The maximum Gasteiger partial charge on any atom is 0.322 e. The molecule has 1 atom stereocenters. The van der Waals surface area contributed by atoms with Gasteiger partial charge in [0.05, 0.1) is 19.3 Å². The minimum atomic E-state index is -0.144. The Kier molecular flexibility index (Phi) is 5.69. The van der Waals surface area contributed by atoms with E-state index in [1.54, 1.807) is 30.5 Å². The number of aromatic nitrogens is 1. The molecule has 1 aromatic carbocycles. The van der Waals surface area contributed by atoms with Gasteiger partial charge in [-0.1, -0.05) is 6.07 Å². The molecule has 0 saturated carbocycles. The average molecular weight is 342 g/mol. The number of carbonyl (C=O) groups is 1. The van der Waals surface area contributed by atoms with Crippen LogP contribution in [0.3, 0.4) is 0 Å². The lowest BCUT2D eigenvalue weighted by molar-refractivity contribution is 0.133. The van der Waals surface area contributed by atoms with Gasteiger partial charge in [-0.25, -0.2) is 4.79 Å². The number of amides is 2. The van der Waals surface area contributed by atoms with E-state index in [9.17, 15) is 4.79 Å². The van der Waals surface area contributed by atoms with Gasteiger partial charge in [-0.3, -0.25) is 4.98 Å². The Balaban J connectivity index is 1.62. The number of carbonyl (C=O) groups excluding carboxylic acids is 1. The molecule has 0 bridgehead atoms. The second kappa shape index (κ2) is 8.34. The predicted octanol–water partition coefficient (Wildman–Crippen LogP) is 1.97. The number of hydrogen-bond acceptors (Lipinski definition) is 5. The first-order valence-corrected chi connectivity index (χ1v) is 8.21. The van der Waals surface area contributed by atoms with E-state index in [1.807, 2.05) is 30.3 Å². The van der Waals surface area contributed by atoms with Gasteiger partial charge < -0.3 is 25.0 Å². The van der Waals surface area contributed by atoms with Crippen LogP contribution in [0.5, 0.6) is 11.5 Å². The summed E-state index contributed by atoms with van der Waals surface area (Å²) in [7, 11) is 1.60. The topological polar surface area (TPSA) is 75.7 Å². The number of rotatable bonds is 5. The molecular formula is C18H22N4O3. The summed E-state index contributed by atoms with van der Waals surface area (Å²) < 4.78 is 11.0. The highest BCUT2D eigenvalue weighted by Crippen LogP contribution is 2.18. The Labute approximate surface area is 147 Å². The molecule has 7 heteroatoms. The molecule has 2 N–H and O–H groups in total. The van der Waals surface area contributed by atoms with Gasteiger partial charge in [-0.2, -0.15) is 0 Å². The van der Waals surface area contributed by atoms with Crippen molar-refractivity contribution in [3.8, 4) is 11.5 Å². The molecular weight excluding hydrogens is 320 g/mol. The third kappa shape index (κ3) is 4.60. The minimum absolute atomic E-state index is 0.0560. The third-order valence-corrected chi connectivity index (χ3v) is 4.01. The van der Waals surface area contributed by atoms with Crippen molar-refractivity contribution in [2.24, 2.45) is 0 Å². The molecule has 1 aliphatic heterocycles. The number of nitrogens with one attached hydrogen (secondary N) is 2. The Morgan fingerprint density at radius 2 is 2.24 bits per heavy atom. The van der Waals surface area contributed by atoms with Crippen LogP contribution in [0.15, 0.2) is 48.8 Å². The number of pyridine rings is 1. The molecule has 1 fully saturated rings. The van der Waals surface area contributed by atoms with Crippen LogP contribution >= 0.6 is 0 Å². The summed E-state index contributed by atoms with van der Waals surface area (Å²) >= 11 is 0. The highest BCUT2D eigenvalue weighted by Gasteiger charge is 2.27. The summed E-state index contributed by atoms with van der Waals surface area (Å²) in [6.07, 6.45) is 3.36. The van der Waals surface area contributed by atoms with Crippen molar-refractivity contribution in [3.63, 3.8) is 0 Å². The fourth-order valence-corrected chi connectivity index (χ4v) is 2.70. The van der Waals surface area contributed by atoms with Crippen LogP contribution in [0.4, 0.5) is 10.5 Å². The number of methoxy groups -OCH3 is 1. The molecule has 1 aromatic heterocycles. The Morgan fingerprint density at radius 1 is 1.36 bits per heavy atom. The van der Waals surface area contributed by atoms with E-state index in [-0.39, 0.29) is 12.1 Å². The van der Waals surface area contributed by atoms with Crippen LogP contribution in [0.1, 0.15) is 0 Å². The number of benzene rings is 1. The molecule has 132 valence electrons. The molecule has 3 rings (SSSR count). The van der Waals surface area contributed by atoms with Crippen molar-refractivity contribution in [1.82, 2.24) is 15.2 Å². The lowest BCUT2D eigenvalue weighted by atomic mass is 10.2. The molecule has 0 spiro atoms. The third-order valence-electron chi connectivity index (χ3n) is 4.01. The van der Waals surface area contributed by atoms with Gasteiger partial charge in [0.2, 0.25) is 0 Å². The van der Waals surface area contributed by atoms with E-state index in [4.69, 9.17) is 9.47 Å². The molecule has 1 saturated heterocycles. The molecule has 0 aliphatic carbocycles. The van der Waals surface area contributed by atoms with Crippen molar-refractivity contribution in [1.29, 1.82) is 0 Å². The van der Waals surface area contributed by atoms with E-state index in [0.29, 0.717) is 36.9 Å². The van der Waals surface area contributed by atoms with Crippen molar-refractivity contribution in [2.45, 2.75) is 6.04 Å². The summed E-state index contributed by atoms with van der Waals surface area (Å²) in [6, 6.07) is 10.8. The molecule has 2 amide bonds. The summed E-state index contributed by atoms with van der Waals surface area (Å²) in [5.74, 6) is 1.40. The molecule has 25 heavy (non-hydrogen) atoms. The SMILES string of the molecule is COc1cccc(NC(=O)N2CCNCC2COc2cccnc2)c1. The predicted molar refractivity (Wildman–Crippen MR) is 95.1 cm³/mol. The minimum Gasteiger partial charge on any atom is -0.497 e. The van der Waals surface area contributed by atoms with E-state index < -0.39 is 0 Å². The smallest absolute Gasteiger partial charge is 0.322 e. The van der Waals surface area contributed by atoms with E-state index in [0.717, 1.165) is 6.54 Å². The van der Waals surface area contributed by atoms with Crippen LogP contribution in [0, 0.1) is 0 Å². The summed E-state index contributed by atoms with van der Waals surface area (Å²) in [4.78, 5) is 18.5. The van der Waals surface area contributed by atoms with Crippen molar-refractivity contribution in [3.05, 3.63) is 48.8 Å². The zero-order chi connectivity index (χ0) is 17.5. The molecule has 1 unspecified atom stereocenters. The molecule has 7 nitrogen and oxygen atoms in total. The van der Waals surface area contributed by atoms with Crippen LogP contribution in [-0.4, -0.2) is 55.3 Å². The maximum absolute atomic E-state index is 12.7. The van der Waals surface area contributed by atoms with Gasteiger partial charge >= 0.3 is 6.03 Å². The average Bonchev–Trinajstić information content (AvgIpc) is 2.67. The Morgan fingerprint density at radius 3 is 3.04 bits per heavy atom. The highest BCUT2D eigenvalue weighted by molar-refractivity contribution is 5.89. The monoisotopic (exact) mass is 342 g/mol. The number of ether oxygens (including phenoxy) is 2. The second-order valence-corrected chi connectivity index (χ2v) is 5.71. The number of hydrogen-bond donors (Lipinski definition) is 2. The molecule has 2 aromatic rings. The van der Waals surface area contributed by atoms with Crippen LogP contribution in [0.25, 0.3) is 0 Å². The molecule has 1 aliphatic rings. The Hall–Kier alpha value is -2.80. The van der Waals surface area contributed by atoms with E-state index in [2.05, 4.69) is 15.6 Å². The first-order valence-electron chi connectivity index (χ1n) is 8.21. The first-order chi connectivity index (χ1) is 12.3. The number of urea groups is 1. The summed E-state index contributed by atoms with van der Waals surface area (Å²) in [5.41, 5.74) is 0.704. The fraction of sp³-hybridized carbons (Fsp3) is 0.333.